The van der Waals surface area contributed by atoms with Gasteiger partial charge in [0.15, 0.2) is 0 Å². The van der Waals surface area contributed by atoms with E-state index in [9.17, 15) is 13.2 Å². The van der Waals surface area contributed by atoms with Crippen LogP contribution in [0.15, 0.2) is 82.2 Å². The standard InChI is InChI=1S/C25H27BrN2O3S/c1-19-9-12-23(17-20(19)2)27(3)25(29)18-28(16-15-21-7-5-4-6-8-21)32(30,31)24-13-10-22(26)11-14-24/h4-14,17H,15-16,18H2,1-3H3. The van der Waals surface area contributed by atoms with Crippen LogP contribution in [0.3, 0.4) is 0 Å². The minimum absolute atomic E-state index is 0.162. The molecule has 0 aliphatic heterocycles. The molecule has 0 N–H and O–H groups in total. The van der Waals surface area contributed by atoms with Crippen molar-refractivity contribution in [2.75, 3.05) is 25.0 Å². The van der Waals surface area contributed by atoms with Crippen LogP contribution in [0.2, 0.25) is 0 Å². The molecule has 0 saturated carbocycles. The highest BCUT2D eigenvalue weighted by molar-refractivity contribution is 9.10. The van der Waals surface area contributed by atoms with E-state index >= 15 is 0 Å². The number of carbonyl (C=O) groups excluding carboxylic acids is 1. The van der Waals surface area contributed by atoms with Crippen LogP contribution >= 0.6 is 15.9 Å². The summed E-state index contributed by atoms with van der Waals surface area (Å²) in [6.45, 7) is 3.96. The zero-order valence-corrected chi connectivity index (χ0v) is 20.9. The molecule has 5 nitrogen and oxygen atoms in total. The number of rotatable bonds is 8. The summed E-state index contributed by atoms with van der Waals surface area (Å²) in [7, 11) is -2.17. The van der Waals surface area contributed by atoms with Crippen molar-refractivity contribution in [1.29, 1.82) is 0 Å². The maximum Gasteiger partial charge on any atom is 0.243 e. The van der Waals surface area contributed by atoms with E-state index in [2.05, 4.69) is 15.9 Å². The van der Waals surface area contributed by atoms with Crippen molar-refractivity contribution >= 4 is 37.5 Å². The number of benzene rings is 3. The third-order valence-corrected chi connectivity index (χ3v) is 7.90. The van der Waals surface area contributed by atoms with Crippen molar-refractivity contribution in [2.24, 2.45) is 0 Å². The molecule has 3 aromatic carbocycles. The average Bonchev–Trinajstić information content (AvgIpc) is 2.78. The molecule has 0 bridgehead atoms. The molecule has 0 fully saturated rings. The number of carbonyl (C=O) groups is 1. The van der Waals surface area contributed by atoms with Crippen LogP contribution in [0, 0.1) is 13.8 Å². The molecular formula is C25H27BrN2O3S. The van der Waals surface area contributed by atoms with Crippen LogP contribution in [0.4, 0.5) is 5.69 Å². The maximum absolute atomic E-state index is 13.4. The summed E-state index contributed by atoms with van der Waals surface area (Å²) in [4.78, 5) is 14.8. The zero-order chi connectivity index (χ0) is 23.3. The number of likely N-dealkylation sites (N-methyl/N-ethyl adjacent to an activating group) is 1. The number of sulfonamides is 1. The van der Waals surface area contributed by atoms with Crippen molar-refractivity contribution < 1.29 is 13.2 Å². The fraction of sp³-hybridized carbons (Fsp3) is 0.240. The minimum atomic E-state index is -3.85. The van der Waals surface area contributed by atoms with Gasteiger partial charge in [-0.25, -0.2) is 8.42 Å². The predicted octanol–water partition coefficient (Wildman–Crippen LogP) is 4.96. The van der Waals surface area contributed by atoms with Crippen molar-refractivity contribution in [1.82, 2.24) is 4.31 Å². The van der Waals surface area contributed by atoms with Crippen molar-refractivity contribution in [3.8, 4) is 0 Å². The van der Waals surface area contributed by atoms with Gasteiger partial charge in [0.1, 0.15) is 0 Å². The number of halogens is 1. The molecule has 0 radical (unpaired) electrons. The Morgan fingerprint density at radius 3 is 2.19 bits per heavy atom. The van der Waals surface area contributed by atoms with Gasteiger partial charge in [0.25, 0.3) is 0 Å². The molecule has 0 atom stereocenters. The van der Waals surface area contributed by atoms with E-state index < -0.39 is 10.0 Å². The smallest absolute Gasteiger partial charge is 0.243 e. The highest BCUT2D eigenvalue weighted by Crippen LogP contribution is 2.21. The fourth-order valence-corrected chi connectivity index (χ4v) is 4.93. The molecule has 0 saturated heterocycles. The van der Waals surface area contributed by atoms with Gasteiger partial charge in [-0.05, 0) is 73.4 Å². The van der Waals surface area contributed by atoms with Gasteiger partial charge in [0.2, 0.25) is 15.9 Å². The Labute approximate surface area is 198 Å². The Balaban J connectivity index is 1.86. The molecule has 32 heavy (non-hydrogen) atoms. The molecule has 7 heteroatoms. The van der Waals surface area contributed by atoms with E-state index in [4.69, 9.17) is 0 Å². The van der Waals surface area contributed by atoms with Crippen LogP contribution < -0.4 is 4.90 Å². The van der Waals surface area contributed by atoms with Gasteiger partial charge in [-0.2, -0.15) is 4.31 Å². The summed E-state index contributed by atoms with van der Waals surface area (Å²) < 4.78 is 28.9. The Morgan fingerprint density at radius 1 is 0.906 bits per heavy atom. The summed E-state index contributed by atoms with van der Waals surface area (Å²) in [5, 5.41) is 0. The largest absolute Gasteiger partial charge is 0.314 e. The Hall–Kier alpha value is -2.48. The van der Waals surface area contributed by atoms with Gasteiger partial charge < -0.3 is 4.90 Å². The van der Waals surface area contributed by atoms with Crippen molar-refractivity contribution in [3.05, 3.63) is 94.0 Å². The first kappa shape index (κ1) is 24.2. The van der Waals surface area contributed by atoms with Gasteiger partial charge >= 0.3 is 0 Å². The van der Waals surface area contributed by atoms with Crippen LogP contribution in [-0.4, -0.2) is 38.8 Å². The molecule has 1 amide bonds. The second kappa shape index (κ2) is 10.4. The van der Waals surface area contributed by atoms with Gasteiger partial charge in [-0.3, -0.25) is 4.79 Å². The van der Waals surface area contributed by atoms with Crippen molar-refractivity contribution in [3.63, 3.8) is 0 Å². The van der Waals surface area contributed by atoms with Crippen molar-refractivity contribution in [2.45, 2.75) is 25.2 Å². The lowest BCUT2D eigenvalue weighted by atomic mass is 10.1. The van der Waals surface area contributed by atoms with E-state index in [1.165, 1.54) is 9.21 Å². The number of aryl methyl sites for hydroxylation is 2. The molecule has 3 rings (SSSR count). The molecule has 168 valence electrons. The Morgan fingerprint density at radius 2 is 1.56 bits per heavy atom. The Bertz CT molecular complexity index is 1180. The lowest BCUT2D eigenvalue weighted by Gasteiger charge is -2.25. The number of amides is 1. The second-order valence-corrected chi connectivity index (χ2v) is 10.6. The first-order valence-electron chi connectivity index (χ1n) is 10.3. The number of hydrogen-bond donors (Lipinski definition) is 0. The summed E-state index contributed by atoms with van der Waals surface area (Å²) in [5.74, 6) is -0.290. The number of anilines is 1. The minimum Gasteiger partial charge on any atom is -0.314 e. The van der Waals surface area contributed by atoms with E-state index in [1.807, 2.05) is 62.4 Å². The molecule has 3 aromatic rings. The molecule has 0 spiro atoms. The third-order valence-electron chi connectivity index (χ3n) is 5.51. The molecule has 0 aromatic heterocycles. The molecular weight excluding hydrogens is 488 g/mol. The lowest BCUT2D eigenvalue weighted by molar-refractivity contribution is -0.118. The number of hydrogen-bond acceptors (Lipinski definition) is 3. The maximum atomic E-state index is 13.4. The first-order chi connectivity index (χ1) is 15.2. The lowest BCUT2D eigenvalue weighted by Crippen LogP contribution is -2.42. The highest BCUT2D eigenvalue weighted by Gasteiger charge is 2.28. The normalized spacial score (nSPS) is 11.5. The predicted molar refractivity (Wildman–Crippen MR) is 132 cm³/mol. The third kappa shape index (κ3) is 5.85. The van der Waals surface area contributed by atoms with E-state index in [-0.39, 0.29) is 23.9 Å². The molecule has 0 aliphatic rings. The number of nitrogens with zero attached hydrogens (tertiary/aromatic N) is 2. The second-order valence-electron chi connectivity index (χ2n) is 7.75. The van der Waals surface area contributed by atoms with Crippen LogP contribution in [0.1, 0.15) is 16.7 Å². The van der Waals surface area contributed by atoms with Gasteiger partial charge in [-0.15, -0.1) is 0 Å². The van der Waals surface area contributed by atoms with Crippen LogP contribution in [0.25, 0.3) is 0 Å². The van der Waals surface area contributed by atoms with Gasteiger partial charge in [-0.1, -0.05) is 52.3 Å². The van der Waals surface area contributed by atoms with Crippen LogP contribution in [-0.2, 0) is 21.2 Å². The average molecular weight is 515 g/mol. The van der Waals surface area contributed by atoms with Crippen LogP contribution in [0.5, 0.6) is 0 Å². The first-order valence-corrected chi connectivity index (χ1v) is 12.6. The van der Waals surface area contributed by atoms with E-state index in [0.29, 0.717) is 6.42 Å². The summed E-state index contributed by atoms with van der Waals surface area (Å²) in [6, 6.07) is 21.9. The SMILES string of the molecule is Cc1ccc(N(C)C(=O)CN(CCc2ccccc2)S(=O)(=O)c2ccc(Br)cc2)cc1C. The van der Waals surface area contributed by atoms with Gasteiger partial charge in [0, 0.05) is 23.8 Å². The summed E-state index contributed by atoms with van der Waals surface area (Å²) in [6.07, 6.45) is 0.511. The topological polar surface area (TPSA) is 57.7 Å². The van der Waals surface area contributed by atoms with E-state index in [0.717, 1.165) is 26.9 Å². The molecule has 0 unspecified atom stereocenters. The molecule has 0 heterocycles. The molecule has 0 aliphatic carbocycles. The Kier molecular flexibility index (Phi) is 7.87. The highest BCUT2D eigenvalue weighted by atomic mass is 79.9. The quantitative estimate of drug-likeness (QED) is 0.426. The van der Waals surface area contributed by atoms with Gasteiger partial charge in [0.05, 0.1) is 11.4 Å². The van der Waals surface area contributed by atoms with E-state index in [1.54, 1.807) is 31.3 Å². The fourth-order valence-electron chi connectivity index (χ4n) is 3.27. The summed E-state index contributed by atoms with van der Waals surface area (Å²) >= 11 is 3.34. The monoisotopic (exact) mass is 514 g/mol. The summed E-state index contributed by atoms with van der Waals surface area (Å²) in [5.41, 5.74) is 3.96. The zero-order valence-electron chi connectivity index (χ0n) is 18.5.